The molecule has 0 amide bonds. The van der Waals surface area contributed by atoms with E-state index in [2.05, 4.69) is 11.5 Å². The van der Waals surface area contributed by atoms with Gasteiger partial charge in [0.25, 0.3) is 15.9 Å². The molecule has 7 nitrogen and oxygen atoms in total. The van der Waals surface area contributed by atoms with E-state index in [-0.39, 0.29) is 11.7 Å². The number of aryl methyl sites for hydroxylation is 2. The predicted molar refractivity (Wildman–Crippen MR) is 126 cm³/mol. The van der Waals surface area contributed by atoms with Crippen LogP contribution in [-0.4, -0.2) is 35.9 Å². The van der Waals surface area contributed by atoms with Gasteiger partial charge in [0.1, 0.15) is 0 Å². The highest BCUT2D eigenvalue weighted by Crippen LogP contribution is 2.18. The van der Waals surface area contributed by atoms with Gasteiger partial charge >= 0.3 is 5.97 Å². The van der Waals surface area contributed by atoms with Crippen LogP contribution in [0.4, 0.5) is 0 Å². The van der Waals surface area contributed by atoms with Crippen molar-refractivity contribution < 1.29 is 27.1 Å². The monoisotopic (exact) mass is 467 g/mol. The molecule has 2 rings (SSSR count). The average molecular weight is 468 g/mol. The molecule has 1 heterocycles. The number of hydrogen-bond donors (Lipinski definition) is 1. The molecule has 1 N–H and O–H groups in total. The lowest BCUT2D eigenvalue weighted by molar-refractivity contribution is -0.675. The molecule has 2 aromatic rings. The number of aromatic nitrogens is 2. The Balaban J connectivity index is 1.97. The first-order valence-electron chi connectivity index (χ1n) is 11.9. The zero-order valence-corrected chi connectivity index (χ0v) is 20.6. The van der Waals surface area contributed by atoms with Gasteiger partial charge in [-0.25, -0.2) is 13.9 Å². The minimum absolute atomic E-state index is 0.292. The van der Waals surface area contributed by atoms with Crippen LogP contribution >= 0.6 is 0 Å². The standard InChI is InChI=1S/C24H38N2O5S/c1-4-6-7-8-9-10-11-12-17-31-24(27)21-14-15-22-23(19-21)26(20(3)25(22)5-2)16-13-18-32(28,29)30/h14-15,19H,4-13,16-18H2,1-3H3/p+1. The summed E-state index contributed by atoms with van der Waals surface area (Å²) in [7, 11) is -4.00. The summed E-state index contributed by atoms with van der Waals surface area (Å²) in [5.74, 6) is 0.349. The summed E-state index contributed by atoms with van der Waals surface area (Å²) in [4.78, 5) is 12.6. The van der Waals surface area contributed by atoms with E-state index < -0.39 is 10.1 Å². The third kappa shape index (κ3) is 7.89. The van der Waals surface area contributed by atoms with E-state index in [4.69, 9.17) is 9.29 Å². The summed E-state index contributed by atoms with van der Waals surface area (Å²) < 4.78 is 40.8. The van der Waals surface area contributed by atoms with E-state index in [1.54, 1.807) is 6.07 Å². The maximum Gasteiger partial charge on any atom is 0.338 e. The lowest BCUT2D eigenvalue weighted by Gasteiger charge is -2.05. The maximum atomic E-state index is 12.6. The number of rotatable bonds is 15. The van der Waals surface area contributed by atoms with Gasteiger partial charge in [-0.15, -0.1) is 0 Å². The molecule has 0 radical (unpaired) electrons. The zero-order chi connectivity index (χ0) is 23.6. The van der Waals surface area contributed by atoms with E-state index >= 15 is 0 Å². The third-order valence-corrected chi connectivity index (χ3v) is 6.71. The van der Waals surface area contributed by atoms with Crippen molar-refractivity contribution in [3.8, 4) is 0 Å². The molecule has 0 spiro atoms. The quantitative estimate of drug-likeness (QED) is 0.175. The van der Waals surface area contributed by atoms with Crippen LogP contribution in [0.3, 0.4) is 0 Å². The molecule has 0 unspecified atom stereocenters. The Morgan fingerprint density at radius 2 is 1.69 bits per heavy atom. The van der Waals surface area contributed by atoms with E-state index in [1.165, 1.54) is 38.5 Å². The summed E-state index contributed by atoms with van der Waals surface area (Å²) in [6.07, 6.45) is 9.83. The number of imidazole rings is 1. The van der Waals surface area contributed by atoms with E-state index in [1.807, 2.05) is 30.5 Å². The third-order valence-electron chi connectivity index (χ3n) is 5.91. The van der Waals surface area contributed by atoms with Crippen LogP contribution in [-0.2, 0) is 27.9 Å². The van der Waals surface area contributed by atoms with E-state index in [0.717, 1.165) is 36.2 Å². The van der Waals surface area contributed by atoms with Gasteiger partial charge in [0.05, 0.1) is 31.0 Å². The minimum atomic E-state index is -4.00. The highest BCUT2D eigenvalue weighted by atomic mass is 32.2. The number of carbonyl (C=O) groups is 1. The van der Waals surface area contributed by atoms with Crippen molar-refractivity contribution in [3.05, 3.63) is 29.6 Å². The molecule has 32 heavy (non-hydrogen) atoms. The van der Waals surface area contributed by atoms with Gasteiger partial charge in [-0.1, -0.05) is 51.9 Å². The summed E-state index contributed by atoms with van der Waals surface area (Å²) in [5, 5.41) is 0. The first kappa shape index (κ1) is 26.3. The van der Waals surface area contributed by atoms with Gasteiger partial charge in [0.2, 0.25) is 0 Å². The number of benzene rings is 1. The normalized spacial score (nSPS) is 11.9. The molecule has 0 aliphatic heterocycles. The van der Waals surface area contributed by atoms with Crippen LogP contribution in [0, 0.1) is 6.92 Å². The van der Waals surface area contributed by atoms with Crippen molar-refractivity contribution in [2.45, 2.75) is 91.6 Å². The molecule has 0 aliphatic carbocycles. The Morgan fingerprint density at radius 1 is 1.03 bits per heavy atom. The molecule has 0 saturated carbocycles. The van der Waals surface area contributed by atoms with Crippen LogP contribution in [0.5, 0.6) is 0 Å². The van der Waals surface area contributed by atoms with Crippen LogP contribution in [0.2, 0.25) is 0 Å². The summed E-state index contributed by atoms with van der Waals surface area (Å²) in [6, 6.07) is 5.52. The van der Waals surface area contributed by atoms with Gasteiger partial charge in [-0.2, -0.15) is 8.42 Å². The van der Waals surface area contributed by atoms with Gasteiger partial charge < -0.3 is 4.74 Å². The van der Waals surface area contributed by atoms with Crippen LogP contribution < -0.4 is 4.57 Å². The smallest absolute Gasteiger partial charge is 0.338 e. The van der Waals surface area contributed by atoms with Crippen molar-refractivity contribution in [1.82, 2.24) is 4.57 Å². The number of fused-ring (bicyclic) bond motifs is 1. The summed E-state index contributed by atoms with van der Waals surface area (Å²) >= 11 is 0. The first-order chi connectivity index (χ1) is 15.3. The van der Waals surface area contributed by atoms with E-state index in [0.29, 0.717) is 25.1 Å². The number of unbranched alkanes of at least 4 members (excludes halogenated alkanes) is 7. The maximum absolute atomic E-state index is 12.6. The Kier molecular flexibility index (Phi) is 10.6. The zero-order valence-electron chi connectivity index (χ0n) is 19.8. The SMILES string of the molecule is CCCCCCCCCCOC(=O)c1ccc2c(c1)n(CCCS(=O)(=O)O)c(C)[n+]2CC. The predicted octanol–water partition coefficient (Wildman–Crippen LogP) is 4.83. The molecule has 1 aromatic carbocycles. The average Bonchev–Trinajstić information content (AvgIpc) is 3.01. The molecule has 8 heteroatoms. The molecule has 0 atom stereocenters. The number of hydrogen-bond acceptors (Lipinski definition) is 4. The number of nitrogens with zero attached hydrogens (tertiary/aromatic N) is 2. The number of esters is 1. The largest absolute Gasteiger partial charge is 0.462 e. The number of carbonyl (C=O) groups excluding carboxylic acids is 1. The molecule has 0 saturated heterocycles. The molecule has 180 valence electrons. The van der Waals surface area contributed by atoms with Gasteiger partial charge in [0.15, 0.2) is 11.0 Å². The number of ether oxygens (including phenoxy) is 1. The lowest BCUT2D eigenvalue weighted by Crippen LogP contribution is -2.35. The highest BCUT2D eigenvalue weighted by molar-refractivity contribution is 7.85. The topological polar surface area (TPSA) is 89.5 Å². The van der Waals surface area contributed by atoms with Crippen LogP contribution in [0.15, 0.2) is 18.2 Å². The lowest BCUT2D eigenvalue weighted by atomic mass is 10.1. The van der Waals surface area contributed by atoms with Crippen molar-refractivity contribution >= 4 is 27.1 Å². The van der Waals surface area contributed by atoms with Gasteiger partial charge in [0, 0.05) is 19.4 Å². The molecular formula is C24H39N2O5S+. The second-order valence-electron chi connectivity index (χ2n) is 8.40. The Labute approximate surface area is 192 Å². The van der Waals surface area contributed by atoms with Crippen molar-refractivity contribution in [1.29, 1.82) is 0 Å². The summed E-state index contributed by atoms with van der Waals surface area (Å²) in [6.45, 7) is 7.85. The fourth-order valence-corrected chi connectivity index (χ4v) is 4.65. The van der Waals surface area contributed by atoms with Crippen LogP contribution in [0.25, 0.3) is 11.0 Å². The van der Waals surface area contributed by atoms with Crippen molar-refractivity contribution in [2.75, 3.05) is 12.4 Å². The van der Waals surface area contributed by atoms with Gasteiger partial charge in [-0.05, 0) is 25.5 Å². The molecular weight excluding hydrogens is 428 g/mol. The fourth-order valence-electron chi connectivity index (χ4n) is 4.16. The summed E-state index contributed by atoms with van der Waals surface area (Å²) in [5.41, 5.74) is 2.34. The van der Waals surface area contributed by atoms with Crippen LogP contribution in [0.1, 0.15) is 87.8 Å². The highest BCUT2D eigenvalue weighted by Gasteiger charge is 2.22. The first-order valence-corrected chi connectivity index (χ1v) is 13.5. The minimum Gasteiger partial charge on any atom is -0.462 e. The molecule has 1 aromatic heterocycles. The Hall–Kier alpha value is -1.93. The molecule has 0 fully saturated rings. The van der Waals surface area contributed by atoms with E-state index in [9.17, 15) is 13.2 Å². The second kappa shape index (κ2) is 12.9. The van der Waals surface area contributed by atoms with Gasteiger partial charge in [-0.3, -0.25) is 4.55 Å². The fraction of sp³-hybridized carbons (Fsp3) is 0.667. The second-order valence-corrected chi connectivity index (χ2v) is 9.97. The Morgan fingerprint density at radius 3 is 2.31 bits per heavy atom. The molecule has 0 aliphatic rings. The van der Waals surface area contributed by atoms with Crippen molar-refractivity contribution in [3.63, 3.8) is 0 Å². The van der Waals surface area contributed by atoms with Crippen molar-refractivity contribution in [2.24, 2.45) is 0 Å². The Bertz CT molecular complexity index is 982. The molecule has 0 bridgehead atoms.